The van der Waals surface area contributed by atoms with Crippen LogP contribution in [0.25, 0.3) is 0 Å². The lowest BCUT2D eigenvalue weighted by Crippen LogP contribution is -2.60. The summed E-state index contributed by atoms with van der Waals surface area (Å²) in [5.74, 6) is 0. The second kappa shape index (κ2) is 6.23. The maximum Gasteiger partial charge on any atom is 0.380 e. The molecule has 0 aliphatic carbocycles. The quantitative estimate of drug-likeness (QED) is 0.598. The van der Waals surface area contributed by atoms with Gasteiger partial charge in [0.05, 0.1) is 13.2 Å². The zero-order valence-electron chi connectivity index (χ0n) is 13.5. The van der Waals surface area contributed by atoms with Crippen molar-refractivity contribution in [3.63, 3.8) is 0 Å². The summed E-state index contributed by atoms with van der Waals surface area (Å²) in [5.41, 5.74) is -3.34. The minimum atomic E-state index is -3.83. The van der Waals surface area contributed by atoms with Crippen LogP contribution in [0, 0.1) is 5.41 Å². The topological polar surface area (TPSA) is 67.5 Å². The third kappa shape index (κ3) is 4.54. The molecule has 0 amide bonds. The van der Waals surface area contributed by atoms with Gasteiger partial charge >= 0.3 is 7.60 Å². The van der Waals surface area contributed by atoms with Crippen LogP contribution >= 0.6 is 7.60 Å². The highest BCUT2D eigenvalue weighted by Crippen LogP contribution is 2.64. The van der Waals surface area contributed by atoms with Gasteiger partial charge in [0.2, 0.25) is 0 Å². The third-order valence-electron chi connectivity index (χ3n) is 2.54. The summed E-state index contributed by atoms with van der Waals surface area (Å²) in [5, 5.41) is 16.2. The van der Waals surface area contributed by atoms with Crippen LogP contribution in [0.3, 0.4) is 0 Å². The van der Waals surface area contributed by atoms with Crippen LogP contribution in [0.2, 0.25) is 0 Å². The zero-order valence-corrected chi connectivity index (χ0v) is 14.4. The van der Waals surface area contributed by atoms with E-state index in [4.69, 9.17) is 9.05 Å². The summed E-state index contributed by atoms with van der Waals surface area (Å²) in [6.45, 7) is 14.5. The van der Waals surface area contributed by atoms with Gasteiger partial charge < -0.3 is 9.05 Å². The molecule has 5 nitrogen and oxygen atoms in total. The van der Waals surface area contributed by atoms with E-state index in [2.05, 4.69) is 5.32 Å². The second-order valence-corrected chi connectivity index (χ2v) is 8.74. The maximum atomic E-state index is 13.3. The summed E-state index contributed by atoms with van der Waals surface area (Å²) >= 11 is 0. The van der Waals surface area contributed by atoms with Crippen molar-refractivity contribution in [1.29, 1.82) is 0 Å². The summed E-state index contributed by atoms with van der Waals surface area (Å²) in [6.07, 6.45) is 0. The molecular weight excluding hydrogens is 265 g/mol. The van der Waals surface area contributed by atoms with Crippen LogP contribution in [0.1, 0.15) is 55.4 Å². The summed E-state index contributed by atoms with van der Waals surface area (Å²) in [7, 11) is -3.83. The first kappa shape index (κ1) is 19.1. The van der Waals surface area contributed by atoms with Gasteiger partial charge in [0, 0.05) is 11.0 Å². The van der Waals surface area contributed by atoms with Crippen molar-refractivity contribution in [3.05, 3.63) is 0 Å². The Morgan fingerprint density at radius 1 is 0.947 bits per heavy atom. The number of hydrogen-bond acceptors (Lipinski definition) is 4. The lowest BCUT2D eigenvalue weighted by Gasteiger charge is -2.45. The van der Waals surface area contributed by atoms with E-state index in [0.29, 0.717) is 0 Å². The van der Waals surface area contributed by atoms with Crippen LogP contribution in [0.15, 0.2) is 0 Å². The molecule has 0 aliphatic rings. The van der Waals surface area contributed by atoms with Gasteiger partial charge in [-0.25, -0.2) is 0 Å². The Morgan fingerprint density at radius 2 is 1.32 bits per heavy atom. The molecule has 0 aromatic rings. The first-order chi connectivity index (χ1) is 8.33. The molecule has 0 aromatic heterocycles. The summed E-state index contributed by atoms with van der Waals surface area (Å²) < 4.78 is 23.5. The molecule has 115 valence electrons. The van der Waals surface area contributed by atoms with Crippen molar-refractivity contribution >= 4 is 7.60 Å². The van der Waals surface area contributed by atoms with Gasteiger partial charge in [0.1, 0.15) is 0 Å². The highest BCUT2D eigenvalue weighted by molar-refractivity contribution is 7.55. The normalized spacial score (nSPS) is 17.3. The molecule has 1 N–H and O–H groups in total. The number of hydrogen-bond donors (Lipinski definition) is 1. The van der Waals surface area contributed by atoms with Crippen molar-refractivity contribution < 1.29 is 18.7 Å². The van der Waals surface area contributed by atoms with Crippen molar-refractivity contribution in [2.75, 3.05) is 13.2 Å². The Balaban J connectivity index is 5.75. The second-order valence-electron chi connectivity index (χ2n) is 6.60. The fourth-order valence-corrected chi connectivity index (χ4v) is 4.15. The molecular formula is C13H29NO4P. The first-order valence-corrected chi connectivity index (χ1v) is 8.26. The SMILES string of the molecule is CCOP(=O)(OCC)C([O])(NC(C)(C)C)C(C)(C)C. The standard InChI is InChI=1S/C13H29NO4P/c1-9-17-19(16,18-10-2)13(15,11(3,4)5)14-12(6,7)8/h14H,9-10H2,1-8H3. The number of rotatable bonds is 6. The molecule has 0 aromatic carbocycles. The Bertz CT molecular complexity index is 323. The molecule has 0 heterocycles. The molecule has 19 heavy (non-hydrogen) atoms. The van der Waals surface area contributed by atoms with Gasteiger partial charge in [-0.3, -0.25) is 9.88 Å². The van der Waals surface area contributed by atoms with E-state index in [1.54, 1.807) is 34.6 Å². The van der Waals surface area contributed by atoms with Crippen LogP contribution in [-0.2, 0) is 18.7 Å². The monoisotopic (exact) mass is 294 g/mol. The molecule has 0 spiro atoms. The Kier molecular flexibility index (Phi) is 6.25. The van der Waals surface area contributed by atoms with E-state index in [-0.39, 0.29) is 13.2 Å². The lowest BCUT2D eigenvalue weighted by molar-refractivity contribution is -0.104. The van der Waals surface area contributed by atoms with Gasteiger partial charge in [0.25, 0.3) is 5.47 Å². The van der Waals surface area contributed by atoms with Gasteiger partial charge in [-0.1, -0.05) is 20.8 Å². The average Bonchev–Trinajstić information content (AvgIpc) is 2.13. The van der Waals surface area contributed by atoms with E-state index in [0.717, 1.165) is 0 Å². The van der Waals surface area contributed by atoms with Gasteiger partial charge in [-0.2, -0.15) is 5.11 Å². The zero-order chi connectivity index (χ0) is 15.5. The molecule has 0 aliphatic heterocycles. The van der Waals surface area contributed by atoms with Crippen LogP contribution < -0.4 is 5.32 Å². The molecule has 0 saturated heterocycles. The van der Waals surface area contributed by atoms with E-state index in [1.807, 2.05) is 20.8 Å². The van der Waals surface area contributed by atoms with E-state index in [1.165, 1.54) is 0 Å². The smallest absolute Gasteiger partial charge is 0.306 e. The lowest BCUT2D eigenvalue weighted by atomic mass is 9.91. The van der Waals surface area contributed by atoms with Crippen LogP contribution in [0.5, 0.6) is 0 Å². The summed E-state index contributed by atoms with van der Waals surface area (Å²) in [6, 6.07) is 0. The van der Waals surface area contributed by atoms with Gasteiger partial charge in [0.15, 0.2) is 0 Å². The Labute approximate surface area is 117 Å². The predicted molar refractivity (Wildman–Crippen MR) is 76.6 cm³/mol. The maximum absolute atomic E-state index is 13.3. The fourth-order valence-electron chi connectivity index (χ4n) is 1.73. The number of nitrogens with one attached hydrogen (secondary N) is 1. The molecule has 0 rings (SSSR count). The first-order valence-electron chi connectivity index (χ1n) is 6.72. The Morgan fingerprint density at radius 3 is 1.53 bits per heavy atom. The molecule has 0 bridgehead atoms. The molecule has 0 saturated carbocycles. The van der Waals surface area contributed by atoms with E-state index >= 15 is 0 Å². The molecule has 0 fully saturated rings. The van der Waals surface area contributed by atoms with Gasteiger partial charge in [-0.15, -0.1) is 0 Å². The van der Waals surface area contributed by atoms with E-state index in [9.17, 15) is 9.67 Å². The molecule has 1 unspecified atom stereocenters. The minimum Gasteiger partial charge on any atom is -0.306 e. The average molecular weight is 294 g/mol. The van der Waals surface area contributed by atoms with E-state index < -0.39 is 24.0 Å². The largest absolute Gasteiger partial charge is 0.380 e. The van der Waals surface area contributed by atoms with Crippen molar-refractivity contribution in [3.8, 4) is 0 Å². The highest BCUT2D eigenvalue weighted by atomic mass is 31.2. The van der Waals surface area contributed by atoms with Gasteiger partial charge in [-0.05, 0) is 34.6 Å². The summed E-state index contributed by atoms with van der Waals surface area (Å²) in [4.78, 5) is 0. The fraction of sp³-hybridized carbons (Fsp3) is 1.00. The van der Waals surface area contributed by atoms with Crippen LogP contribution in [0.4, 0.5) is 0 Å². The van der Waals surface area contributed by atoms with Crippen LogP contribution in [-0.4, -0.2) is 24.2 Å². The third-order valence-corrected chi connectivity index (χ3v) is 5.29. The molecule has 1 atom stereocenters. The minimum absolute atomic E-state index is 0.170. The van der Waals surface area contributed by atoms with Crippen molar-refractivity contribution in [1.82, 2.24) is 5.32 Å². The van der Waals surface area contributed by atoms with Crippen molar-refractivity contribution in [2.24, 2.45) is 5.41 Å². The Hall–Kier alpha value is 0.0700. The van der Waals surface area contributed by atoms with Crippen molar-refractivity contribution in [2.45, 2.75) is 66.4 Å². The predicted octanol–water partition coefficient (Wildman–Crippen LogP) is 3.77. The molecule has 6 heteroatoms. The highest BCUT2D eigenvalue weighted by Gasteiger charge is 2.60. The molecule has 1 radical (unpaired) electrons.